The lowest BCUT2D eigenvalue weighted by molar-refractivity contribution is 0.0982. The van der Waals surface area contributed by atoms with Gasteiger partial charge in [-0.2, -0.15) is 11.8 Å². The van der Waals surface area contributed by atoms with Crippen molar-refractivity contribution in [3.8, 4) is 0 Å². The highest BCUT2D eigenvalue weighted by atomic mass is 32.2. The molecule has 2 nitrogen and oxygen atoms in total. The van der Waals surface area contributed by atoms with Gasteiger partial charge in [-0.15, -0.1) is 0 Å². The summed E-state index contributed by atoms with van der Waals surface area (Å²) in [4.78, 5) is 15.0. The number of rotatable bonds is 10. The number of carbonyl (C=O) groups excluding carboxylic acids is 1. The number of hydrogen-bond donors (Lipinski definition) is 0. The van der Waals surface area contributed by atoms with E-state index in [0.717, 1.165) is 31.0 Å². The first-order valence-corrected chi connectivity index (χ1v) is 9.76. The number of ketones is 1. The number of carbonyl (C=O) groups is 1. The lowest BCUT2D eigenvalue weighted by Crippen LogP contribution is -2.25. The predicted octanol–water partition coefficient (Wildman–Crippen LogP) is 5.08. The van der Waals surface area contributed by atoms with E-state index in [0.29, 0.717) is 6.42 Å². The molecular formula is C21H27NOS. The maximum atomic E-state index is 12.6. The van der Waals surface area contributed by atoms with E-state index in [1.165, 1.54) is 5.56 Å². The van der Waals surface area contributed by atoms with Crippen molar-refractivity contribution in [3.05, 3.63) is 71.8 Å². The van der Waals surface area contributed by atoms with Crippen LogP contribution in [0.1, 0.15) is 41.4 Å². The Morgan fingerprint density at radius 1 is 0.958 bits per heavy atom. The van der Waals surface area contributed by atoms with Gasteiger partial charge in [-0.05, 0) is 18.7 Å². The van der Waals surface area contributed by atoms with Gasteiger partial charge in [0.1, 0.15) is 0 Å². The number of Topliss-reactive ketones (excluding diaryl/α,β-unsaturated/α-hetero) is 1. The molecule has 2 rings (SSSR count). The molecule has 2 aromatic rings. The van der Waals surface area contributed by atoms with Crippen molar-refractivity contribution in [2.45, 2.75) is 25.5 Å². The zero-order chi connectivity index (χ0) is 17.2. The Hall–Kier alpha value is -1.58. The van der Waals surface area contributed by atoms with Crippen LogP contribution in [0.3, 0.4) is 0 Å². The third kappa shape index (κ3) is 5.81. The van der Waals surface area contributed by atoms with Gasteiger partial charge < -0.3 is 4.90 Å². The highest BCUT2D eigenvalue weighted by molar-refractivity contribution is 7.99. The minimum Gasteiger partial charge on any atom is -0.303 e. The molecule has 0 fully saturated rings. The van der Waals surface area contributed by atoms with Gasteiger partial charge in [0.05, 0.1) is 0 Å². The predicted molar refractivity (Wildman–Crippen MR) is 105 cm³/mol. The molecule has 0 amide bonds. The smallest absolute Gasteiger partial charge is 0.164 e. The van der Waals surface area contributed by atoms with Crippen molar-refractivity contribution in [2.24, 2.45) is 0 Å². The minimum absolute atomic E-state index is 0.217. The van der Waals surface area contributed by atoms with Crippen molar-refractivity contribution in [3.63, 3.8) is 0 Å². The highest BCUT2D eigenvalue weighted by Gasteiger charge is 2.17. The fourth-order valence-electron chi connectivity index (χ4n) is 2.71. The third-order valence-corrected chi connectivity index (χ3v) is 5.52. The molecule has 0 aliphatic carbocycles. The molecule has 0 N–H and O–H groups in total. The van der Waals surface area contributed by atoms with E-state index in [4.69, 9.17) is 0 Å². The number of nitrogens with zero attached hydrogens (tertiary/aromatic N) is 1. The molecule has 1 unspecified atom stereocenters. The Morgan fingerprint density at radius 3 is 2.12 bits per heavy atom. The molecule has 0 saturated carbocycles. The maximum Gasteiger partial charge on any atom is 0.164 e. The Morgan fingerprint density at radius 2 is 1.54 bits per heavy atom. The van der Waals surface area contributed by atoms with Crippen LogP contribution in [0.5, 0.6) is 0 Å². The van der Waals surface area contributed by atoms with Gasteiger partial charge >= 0.3 is 0 Å². The summed E-state index contributed by atoms with van der Waals surface area (Å²) in [5, 5.41) is 0.217. The van der Waals surface area contributed by atoms with Gasteiger partial charge in [0, 0.05) is 29.5 Å². The quantitative estimate of drug-likeness (QED) is 0.562. The first-order chi connectivity index (χ1) is 11.7. The summed E-state index contributed by atoms with van der Waals surface area (Å²) in [5.74, 6) is 1.27. The van der Waals surface area contributed by atoms with Crippen molar-refractivity contribution in [2.75, 3.05) is 25.4 Å². The van der Waals surface area contributed by atoms with Crippen LogP contribution < -0.4 is 0 Å². The Balaban J connectivity index is 2.02. The molecule has 0 saturated heterocycles. The van der Waals surface area contributed by atoms with E-state index < -0.39 is 0 Å². The van der Waals surface area contributed by atoms with Crippen molar-refractivity contribution in [1.29, 1.82) is 0 Å². The van der Waals surface area contributed by atoms with E-state index in [1.54, 1.807) is 0 Å². The first-order valence-electron chi connectivity index (χ1n) is 8.71. The molecule has 1 atom stereocenters. The first kappa shape index (κ1) is 18.8. The van der Waals surface area contributed by atoms with E-state index in [1.807, 2.05) is 48.2 Å². The molecule has 3 heteroatoms. The summed E-state index contributed by atoms with van der Waals surface area (Å²) in [5.41, 5.74) is 2.05. The van der Waals surface area contributed by atoms with Crippen LogP contribution >= 0.6 is 11.8 Å². The van der Waals surface area contributed by atoms with Crippen molar-refractivity contribution in [1.82, 2.24) is 4.90 Å². The van der Waals surface area contributed by atoms with E-state index in [9.17, 15) is 4.79 Å². The van der Waals surface area contributed by atoms with Crippen LogP contribution in [0.15, 0.2) is 60.7 Å². The van der Waals surface area contributed by atoms with Gasteiger partial charge in [-0.3, -0.25) is 4.79 Å². The fourth-order valence-corrected chi connectivity index (χ4v) is 3.98. The minimum atomic E-state index is 0.217. The molecule has 0 aromatic heterocycles. The van der Waals surface area contributed by atoms with Crippen LogP contribution in [-0.2, 0) is 0 Å². The van der Waals surface area contributed by atoms with E-state index >= 15 is 0 Å². The normalized spacial score (nSPS) is 12.3. The van der Waals surface area contributed by atoms with Crippen molar-refractivity contribution >= 4 is 17.5 Å². The summed E-state index contributed by atoms with van der Waals surface area (Å²) in [6.45, 7) is 7.62. The van der Waals surface area contributed by atoms with Crippen molar-refractivity contribution < 1.29 is 4.79 Å². The maximum absolute atomic E-state index is 12.6. The SMILES string of the molecule is CCN(CC)CCSC(CC(=O)c1ccccc1)c1ccccc1. The lowest BCUT2D eigenvalue weighted by atomic mass is 10.0. The molecule has 0 spiro atoms. The topological polar surface area (TPSA) is 20.3 Å². The second-order valence-corrected chi connectivity index (χ2v) is 7.10. The monoisotopic (exact) mass is 341 g/mol. The summed E-state index contributed by atoms with van der Waals surface area (Å²) in [7, 11) is 0. The molecule has 0 aliphatic rings. The molecule has 0 heterocycles. The van der Waals surface area contributed by atoms with Crippen LogP contribution in [-0.4, -0.2) is 36.1 Å². The largest absolute Gasteiger partial charge is 0.303 e. The molecule has 0 aliphatic heterocycles. The van der Waals surface area contributed by atoms with E-state index in [-0.39, 0.29) is 11.0 Å². The lowest BCUT2D eigenvalue weighted by Gasteiger charge is -2.21. The molecular weight excluding hydrogens is 314 g/mol. The third-order valence-electron chi connectivity index (χ3n) is 4.26. The zero-order valence-electron chi connectivity index (χ0n) is 14.7. The number of benzene rings is 2. The summed E-state index contributed by atoms with van der Waals surface area (Å²) < 4.78 is 0. The van der Waals surface area contributed by atoms with Gasteiger partial charge in [0.25, 0.3) is 0 Å². The van der Waals surface area contributed by atoms with Gasteiger partial charge in [-0.25, -0.2) is 0 Å². The molecule has 128 valence electrons. The Bertz CT molecular complexity index is 596. The summed E-state index contributed by atoms with van der Waals surface area (Å²) >= 11 is 1.89. The molecule has 24 heavy (non-hydrogen) atoms. The molecule has 2 aromatic carbocycles. The Labute approximate surface area is 150 Å². The van der Waals surface area contributed by atoms with E-state index in [2.05, 4.69) is 43.0 Å². The molecule has 0 bridgehead atoms. The van der Waals surface area contributed by atoms with Gasteiger partial charge in [-0.1, -0.05) is 74.5 Å². The van der Waals surface area contributed by atoms with Gasteiger partial charge in [0.15, 0.2) is 5.78 Å². The summed E-state index contributed by atoms with van der Waals surface area (Å²) in [6, 6.07) is 20.0. The van der Waals surface area contributed by atoms with Crippen LogP contribution in [0.2, 0.25) is 0 Å². The highest BCUT2D eigenvalue weighted by Crippen LogP contribution is 2.33. The van der Waals surface area contributed by atoms with Crippen LogP contribution in [0.25, 0.3) is 0 Å². The zero-order valence-corrected chi connectivity index (χ0v) is 15.5. The average Bonchev–Trinajstić information content (AvgIpc) is 2.65. The van der Waals surface area contributed by atoms with Crippen LogP contribution in [0.4, 0.5) is 0 Å². The number of hydrogen-bond acceptors (Lipinski definition) is 3. The number of thioether (sulfide) groups is 1. The Kier molecular flexibility index (Phi) is 8.06. The van der Waals surface area contributed by atoms with Crippen LogP contribution in [0, 0.1) is 0 Å². The second-order valence-electron chi connectivity index (χ2n) is 5.79. The average molecular weight is 342 g/mol. The fraction of sp³-hybridized carbons (Fsp3) is 0.381. The van der Waals surface area contributed by atoms with Gasteiger partial charge in [0.2, 0.25) is 0 Å². The second kappa shape index (κ2) is 10.3. The standard InChI is InChI=1S/C21H27NOS/c1-3-22(4-2)15-16-24-21(19-13-9-6-10-14-19)17-20(23)18-11-7-5-8-12-18/h5-14,21H,3-4,15-17H2,1-2H3. The summed E-state index contributed by atoms with van der Waals surface area (Å²) in [6.07, 6.45) is 0.553. The molecule has 0 radical (unpaired) electrons.